The van der Waals surface area contributed by atoms with Gasteiger partial charge in [0.25, 0.3) is 0 Å². The molecule has 0 aliphatic carbocycles. The van der Waals surface area contributed by atoms with E-state index in [1.807, 2.05) is 12.1 Å². The number of carbonyl (C=O) groups excluding carboxylic acids is 1. The number of carbonyl (C=O) groups is 1. The van der Waals surface area contributed by atoms with Gasteiger partial charge < -0.3 is 9.72 Å². The average molecular weight is 446 g/mol. The van der Waals surface area contributed by atoms with E-state index in [2.05, 4.69) is 18.0 Å². The van der Waals surface area contributed by atoms with Crippen molar-refractivity contribution in [1.29, 1.82) is 0 Å². The van der Waals surface area contributed by atoms with Crippen LogP contribution < -0.4 is 0 Å². The number of H-pyrrole nitrogens is 1. The van der Waals surface area contributed by atoms with Crippen LogP contribution in [0.5, 0.6) is 0 Å². The Morgan fingerprint density at radius 3 is 1.62 bits per heavy atom. The van der Waals surface area contributed by atoms with Crippen molar-refractivity contribution in [3.63, 3.8) is 0 Å². The fourth-order valence-electron chi connectivity index (χ4n) is 4.35. The van der Waals surface area contributed by atoms with Gasteiger partial charge in [-0.2, -0.15) is 0 Å². The largest absolute Gasteiger partial charge is 0.464 e. The number of unbranched alkanes of at least 4 members (excludes halogenated alkanes) is 19. The maximum absolute atomic E-state index is 11.6. The third-order valence-corrected chi connectivity index (χ3v) is 6.44. The molecule has 0 saturated carbocycles. The lowest BCUT2D eigenvalue weighted by Crippen LogP contribution is -2.02. The molecule has 3 heteroatoms. The van der Waals surface area contributed by atoms with E-state index in [-0.39, 0.29) is 5.97 Å². The first-order chi connectivity index (χ1) is 15.8. The van der Waals surface area contributed by atoms with Crippen molar-refractivity contribution in [2.45, 2.75) is 135 Å². The van der Waals surface area contributed by atoms with E-state index in [0.717, 1.165) is 12.0 Å². The van der Waals surface area contributed by atoms with Gasteiger partial charge in [0.15, 0.2) is 0 Å². The highest BCUT2D eigenvalue weighted by Gasteiger charge is 2.10. The Morgan fingerprint density at radius 2 is 1.19 bits per heavy atom. The third-order valence-electron chi connectivity index (χ3n) is 6.44. The van der Waals surface area contributed by atoms with Crippen molar-refractivity contribution in [3.8, 4) is 0 Å². The first-order valence-electron chi connectivity index (χ1n) is 13.7. The summed E-state index contributed by atoms with van der Waals surface area (Å²) in [6.45, 7) is 2.29. The molecular weight excluding hydrogens is 394 g/mol. The van der Waals surface area contributed by atoms with Crippen molar-refractivity contribution in [2.24, 2.45) is 0 Å². The highest BCUT2D eigenvalue weighted by molar-refractivity contribution is 5.91. The number of rotatable bonds is 22. The zero-order valence-corrected chi connectivity index (χ0v) is 21.3. The number of methoxy groups -OCH3 is 1. The number of esters is 1. The highest BCUT2D eigenvalue weighted by Crippen LogP contribution is 2.15. The Labute approximate surface area is 198 Å². The molecule has 0 aromatic carbocycles. The molecule has 1 N–H and O–H groups in total. The number of allylic oxidation sites excluding steroid dienone is 1. The van der Waals surface area contributed by atoms with Crippen LogP contribution in [0.15, 0.2) is 18.3 Å². The van der Waals surface area contributed by atoms with E-state index in [4.69, 9.17) is 4.74 Å². The second kappa shape index (κ2) is 21.3. The highest BCUT2D eigenvalue weighted by atomic mass is 16.5. The predicted molar refractivity (Wildman–Crippen MR) is 139 cm³/mol. The van der Waals surface area contributed by atoms with E-state index >= 15 is 0 Å². The Bertz CT molecular complexity index is 575. The molecule has 0 spiro atoms. The van der Waals surface area contributed by atoms with Crippen molar-refractivity contribution in [2.75, 3.05) is 7.11 Å². The summed E-state index contributed by atoms with van der Waals surface area (Å²) in [6.07, 6.45) is 33.9. The van der Waals surface area contributed by atoms with Crippen LogP contribution >= 0.6 is 0 Å². The van der Waals surface area contributed by atoms with E-state index in [1.165, 1.54) is 129 Å². The number of ether oxygens (including phenoxy) is 1. The summed E-state index contributed by atoms with van der Waals surface area (Å²) in [5, 5.41) is 0. The first-order valence-corrected chi connectivity index (χ1v) is 13.7. The standard InChI is InChI=1S/C29H51NO2/c1-3-4-5-6-7-8-9-10-11-12-13-14-15-16-17-18-19-20-21-22-23-24-27-25-26-30-28(27)29(31)32-2/h23-26,30H,3-22H2,1-2H3. The molecule has 1 heterocycles. The summed E-state index contributed by atoms with van der Waals surface area (Å²) in [6, 6.07) is 1.92. The predicted octanol–water partition coefficient (Wildman–Crippen LogP) is 9.64. The van der Waals surface area contributed by atoms with Gasteiger partial charge in [-0.1, -0.05) is 135 Å². The summed E-state index contributed by atoms with van der Waals surface area (Å²) in [4.78, 5) is 14.6. The number of nitrogens with one attached hydrogen (secondary N) is 1. The van der Waals surface area contributed by atoms with Crippen molar-refractivity contribution < 1.29 is 9.53 Å². The van der Waals surface area contributed by atoms with Crippen LogP contribution in [-0.4, -0.2) is 18.1 Å². The Morgan fingerprint density at radius 1 is 0.750 bits per heavy atom. The maximum Gasteiger partial charge on any atom is 0.355 e. The van der Waals surface area contributed by atoms with Crippen LogP contribution in [-0.2, 0) is 4.74 Å². The lowest BCUT2D eigenvalue weighted by Gasteiger charge is -2.04. The van der Waals surface area contributed by atoms with Gasteiger partial charge in [-0.15, -0.1) is 0 Å². The second-order valence-electron chi connectivity index (χ2n) is 9.35. The van der Waals surface area contributed by atoms with Gasteiger partial charge >= 0.3 is 5.97 Å². The van der Waals surface area contributed by atoms with Crippen molar-refractivity contribution >= 4 is 12.0 Å². The second-order valence-corrected chi connectivity index (χ2v) is 9.35. The summed E-state index contributed by atoms with van der Waals surface area (Å²) in [7, 11) is 1.41. The van der Waals surface area contributed by atoms with Crippen LogP contribution in [0.2, 0.25) is 0 Å². The molecule has 32 heavy (non-hydrogen) atoms. The van der Waals surface area contributed by atoms with Gasteiger partial charge in [0.2, 0.25) is 0 Å². The quantitative estimate of drug-likeness (QED) is 0.142. The van der Waals surface area contributed by atoms with Gasteiger partial charge in [-0.05, 0) is 18.9 Å². The number of aromatic amines is 1. The lowest BCUT2D eigenvalue weighted by atomic mass is 10.0. The minimum atomic E-state index is -0.307. The average Bonchev–Trinajstić information content (AvgIpc) is 3.28. The third kappa shape index (κ3) is 15.3. The van der Waals surface area contributed by atoms with Gasteiger partial charge in [0.1, 0.15) is 5.69 Å². The van der Waals surface area contributed by atoms with Crippen LogP contribution in [0.1, 0.15) is 151 Å². The molecule has 0 bridgehead atoms. The summed E-state index contributed by atoms with van der Waals surface area (Å²) in [5.74, 6) is -0.307. The van der Waals surface area contributed by atoms with Crippen LogP contribution in [0, 0.1) is 0 Å². The molecule has 0 radical (unpaired) electrons. The fraction of sp³-hybridized carbons (Fsp3) is 0.759. The van der Waals surface area contributed by atoms with E-state index < -0.39 is 0 Å². The van der Waals surface area contributed by atoms with E-state index in [9.17, 15) is 4.79 Å². The first kappa shape index (κ1) is 28.5. The minimum Gasteiger partial charge on any atom is -0.464 e. The molecule has 1 aromatic rings. The molecule has 1 rings (SSSR count). The molecule has 1 aromatic heterocycles. The molecule has 0 amide bonds. The number of aromatic nitrogens is 1. The molecule has 0 aliphatic heterocycles. The number of hydrogen-bond donors (Lipinski definition) is 1. The van der Waals surface area contributed by atoms with Crippen molar-refractivity contribution in [3.05, 3.63) is 29.6 Å². The summed E-state index contributed by atoms with van der Waals surface area (Å²) in [5.41, 5.74) is 1.45. The monoisotopic (exact) mass is 445 g/mol. The molecule has 0 fully saturated rings. The van der Waals surface area contributed by atoms with Gasteiger partial charge in [-0.3, -0.25) is 0 Å². The Hall–Kier alpha value is -1.51. The zero-order chi connectivity index (χ0) is 23.1. The fourth-order valence-corrected chi connectivity index (χ4v) is 4.35. The molecule has 0 aliphatic rings. The normalized spacial score (nSPS) is 11.4. The molecule has 184 valence electrons. The smallest absolute Gasteiger partial charge is 0.355 e. The Balaban J connectivity index is 1.80. The SMILES string of the molecule is CCCCCCCCCCCCCCCCCCCCCC=Cc1cc[nH]c1C(=O)OC. The van der Waals surface area contributed by atoms with E-state index in [0.29, 0.717) is 5.69 Å². The molecule has 0 saturated heterocycles. The van der Waals surface area contributed by atoms with E-state index in [1.54, 1.807) is 6.20 Å². The van der Waals surface area contributed by atoms with Gasteiger partial charge in [0, 0.05) is 11.8 Å². The van der Waals surface area contributed by atoms with Crippen LogP contribution in [0.3, 0.4) is 0 Å². The molecule has 0 atom stereocenters. The van der Waals surface area contributed by atoms with Gasteiger partial charge in [-0.25, -0.2) is 4.79 Å². The maximum atomic E-state index is 11.6. The lowest BCUT2D eigenvalue weighted by molar-refractivity contribution is 0.0594. The van der Waals surface area contributed by atoms with Crippen molar-refractivity contribution in [1.82, 2.24) is 4.98 Å². The summed E-state index contributed by atoms with van der Waals surface area (Å²) >= 11 is 0. The van der Waals surface area contributed by atoms with Gasteiger partial charge in [0.05, 0.1) is 7.11 Å². The molecule has 0 unspecified atom stereocenters. The minimum absolute atomic E-state index is 0.307. The number of hydrogen-bond acceptors (Lipinski definition) is 2. The van der Waals surface area contributed by atoms with Crippen LogP contribution in [0.25, 0.3) is 6.08 Å². The Kier molecular flexibility index (Phi) is 19.0. The topological polar surface area (TPSA) is 42.1 Å². The molecule has 3 nitrogen and oxygen atoms in total. The zero-order valence-electron chi connectivity index (χ0n) is 21.3. The summed E-state index contributed by atoms with van der Waals surface area (Å²) < 4.78 is 4.78. The molecular formula is C29H51NO2. The van der Waals surface area contributed by atoms with Crippen LogP contribution in [0.4, 0.5) is 0 Å².